The molecule has 0 aromatic carbocycles. The second kappa shape index (κ2) is 2.72. The standard InChI is InChI=1S/C6H8N6/c1-2-11-6(3-8-10-11)12-5-7-4-9-12/h3-5H,2H2,1H3. The summed E-state index contributed by atoms with van der Waals surface area (Å²) in [6.07, 6.45) is 4.75. The van der Waals surface area contributed by atoms with E-state index in [4.69, 9.17) is 0 Å². The predicted octanol–water partition coefficient (Wildman–Crippen LogP) is -0.121. The molecule has 0 bridgehead atoms. The Morgan fingerprint density at radius 3 is 3.08 bits per heavy atom. The Balaban J connectivity index is 2.46. The topological polar surface area (TPSA) is 61.4 Å². The van der Waals surface area contributed by atoms with E-state index in [-0.39, 0.29) is 0 Å². The van der Waals surface area contributed by atoms with Gasteiger partial charge in [-0.25, -0.2) is 14.3 Å². The highest BCUT2D eigenvalue weighted by atomic mass is 15.5. The molecule has 6 nitrogen and oxygen atoms in total. The molecular formula is C6H8N6. The molecule has 0 spiro atoms. The first-order valence-electron chi connectivity index (χ1n) is 3.65. The van der Waals surface area contributed by atoms with Crippen molar-refractivity contribution in [2.75, 3.05) is 0 Å². The molecule has 0 amide bonds. The van der Waals surface area contributed by atoms with Crippen LogP contribution in [0.4, 0.5) is 0 Å². The fourth-order valence-electron chi connectivity index (χ4n) is 0.981. The summed E-state index contributed by atoms with van der Waals surface area (Å²) < 4.78 is 3.37. The van der Waals surface area contributed by atoms with E-state index < -0.39 is 0 Å². The molecule has 0 N–H and O–H groups in total. The lowest BCUT2D eigenvalue weighted by atomic mass is 10.7. The monoisotopic (exact) mass is 164 g/mol. The molecule has 0 radical (unpaired) electrons. The van der Waals surface area contributed by atoms with Crippen molar-refractivity contribution in [2.24, 2.45) is 0 Å². The van der Waals surface area contributed by atoms with Gasteiger partial charge in [0.2, 0.25) is 0 Å². The quantitative estimate of drug-likeness (QED) is 0.620. The lowest BCUT2D eigenvalue weighted by Crippen LogP contribution is -2.06. The van der Waals surface area contributed by atoms with Gasteiger partial charge in [-0.1, -0.05) is 5.21 Å². The molecule has 62 valence electrons. The van der Waals surface area contributed by atoms with Gasteiger partial charge in [0.1, 0.15) is 12.7 Å². The van der Waals surface area contributed by atoms with E-state index in [1.54, 1.807) is 21.9 Å². The lowest BCUT2D eigenvalue weighted by Gasteiger charge is -1.99. The van der Waals surface area contributed by atoms with E-state index in [0.29, 0.717) is 0 Å². The van der Waals surface area contributed by atoms with E-state index in [1.807, 2.05) is 6.92 Å². The lowest BCUT2D eigenvalue weighted by molar-refractivity contribution is 0.599. The minimum Gasteiger partial charge on any atom is -0.228 e. The van der Waals surface area contributed by atoms with E-state index in [9.17, 15) is 0 Å². The Bertz CT molecular complexity index is 348. The van der Waals surface area contributed by atoms with Crippen LogP contribution >= 0.6 is 0 Å². The summed E-state index contributed by atoms with van der Waals surface area (Å²) in [5.74, 6) is 0.829. The SMILES string of the molecule is CCn1nncc1-n1cncn1. The van der Waals surface area contributed by atoms with Gasteiger partial charge in [0.05, 0.1) is 6.20 Å². The molecule has 2 heterocycles. The fourth-order valence-corrected chi connectivity index (χ4v) is 0.981. The van der Waals surface area contributed by atoms with Crippen molar-refractivity contribution < 1.29 is 0 Å². The summed E-state index contributed by atoms with van der Waals surface area (Å²) in [4.78, 5) is 3.84. The van der Waals surface area contributed by atoms with Crippen molar-refractivity contribution in [1.82, 2.24) is 29.8 Å². The summed E-state index contributed by atoms with van der Waals surface area (Å²) in [5.41, 5.74) is 0. The minimum atomic E-state index is 0.773. The number of hydrogen-bond donors (Lipinski definition) is 0. The minimum absolute atomic E-state index is 0.773. The number of rotatable bonds is 2. The van der Waals surface area contributed by atoms with Gasteiger partial charge in [-0.05, 0) is 6.92 Å². The van der Waals surface area contributed by atoms with Crippen LogP contribution in [0.25, 0.3) is 5.82 Å². The molecule has 12 heavy (non-hydrogen) atoms. The van der Waals surface area contributed by atoms with Crippen molar-refractivity contribution in [3.63, 3.8) is 0 Å². The molecule has 0 fully saturated rings. The Kier molecular flexibility index (Phi) is 1.58. The van der Waals surface area contributed by atoms with E-state index in [2.05, 4.69) is 20.4 Å². The second-order valence-corrected chi connectivity index (χ2v) is 2.25. The molecule has 0 aliphatic heterocycles. The van der Waals surface area contributed by atoms with E-state index >= 15 is 0 Å². The van der Waals surface area contributed by atoms with Crippen LogP contribution in [-0.4, -0.2) is 29.8 Å². The zero-order valence-corrected chi connectivity index (χ0v) is 6.62. The molecule has 0 aliphatic carbocycles. The van der Waals surface area contributed by atoms with Crippen LogP contribution in [0, 0.1) is 0 Å². The first-order chi connectivity index (χ1) is 5.92. The third-order valence-corrected chi connectivity index (χ3v) is 1.55. The molecule has 0 saturated heterocycles. The highest BCUT2D eigenvalue weighted by Gasteiger charge is 2.03. The van der Waals surface area contributed by atoms with Gasteiger partial charge >= 0.3 is 0 Å². The van der Waals surface area contributed by atoms with Crippen LogP contribution in [0.1, 0.15) is 6.92 Å². The van der Waals surface area contributed by atoms with Crippen molar-refractivity contribution in [1.29, 1.82) is 0 Å². The van der Waals surface area contributed by atoms with Crippen LogP contribution in [0.5, 0.6) is 0 Å². The molecule has 0 atom stereocenters. The third-order valence-electron chi connectivity index (χ3n) is 1.55. The number of nitrogens with zero attached hydrogens (tertiary/aromatic N) is 6. The Hall–Kier alpha value is -1.72. The van der Waals surface area contributed by atoms with Crippen molar-refractivity contribution >= 4 is 0 Å². The largest absolute Gasteiger partial charge is 0.228 e. The molecule has 0 aliphatic rings. The van der Waals surface area contributed by atoms with Gasteiger partial charge in [0.25, 0.3) is 0 Å². The average molecular weight is 164 g/mol. The van der Waals surface area contributed by atoms with Gasteiger partial charge in [-0.15, -0.1) is 5.10 Å². The summed E-state index contributed by atoms with van der Waals surface area (Å²) in [7, 11) is 0. The first kappa shape index (κ1) is 6.96. The zero-order chi connectivity index (χ0) is 8.39. The molecule has 2 rings (SSSR count). The Morgan fingerprint density at radius 2 is 2.42 bits per heavy atom. The maximum absolute atomic E-state index is 3.97. The molecule has 2 aromatic rings. The Morgan fingerprint density at radius 1 is 1.50 bits per heavy atom. The predicted molar refractivity (Wildman–Crippen MR) is 40.6 cm³/mol. The fraction of sp³-hybridized carbons (Fsp3) is 0.333. The number of aromatic nitrogens is 6. The highest BCUT2D eigenvalue weighted by Crippen LogP contribution is 2.00. The van der Waals surface area contributed by atoms with E-state index in [0.717, 1.165) is 12.4 Å². The third kappa shape index (κ3) is 0.969. The summed E-state index contributed by atoms with van der Waals surface area (Å²) in [6.45, 7) is 2.77. The van der Waals surface area contributed by atoms with Gasteiger partial charge in [0, 0.05) is 6.54 Å². The second-order valence-electron chi connectivity index (χ2n) is 2.25. The summed E-state index contributed by atoms with van der Waals surface area (Å²) in [5, 5.41) is 11.6. The van der Waals surface area contributed by atoms with Crippen LogP contribution in [0.2, 0.25) is 0 Å². The van der Waals surface area contributed by atoms with Crippen LogP contribution in [0.15, 0.2) is 18.9 Å². The van der Waals surface area contributed by atoms with Crippen molar-refractivity contribution in [3.05, 3.63) is 18.9 Å². The van der Waals surface area contributed by atoms with Crippen LogP contribution in [-0.2, 0) is 6.54 Å². The van der Waals surface area contributed by atoms with Gasteiger partial charge in [0.15, 0.2) is 5.82 Å². The van der Waals surface area contributed by atoms with Crippen molar-refractivity contribution in [2.45, 2.75) is 13.5 Å². The summed E-state index contributed by atoms with van der Waals surface area (Å²) in [6, 6.07) is 0. The normalized spacial score (nSPS) is 10.4. The maximum Gasteiger partial charge on any atom is 0.173 e. The van der Waals surface area contributed by atoms with Gasteiger partial charge in [-0.3, -0.25) is 0 Å². The van der Waals surface area contributed by atoms with E-state index in [1.165, 1.54) is 6.33 Å². The molecule has 2 aromatic heterocycles. The number of aryl methyl sites for hydroxylation is 1. The smallest absolute Gasteiger partial charge is 0.173 e. The van der Waals surface area contributed by atoms with Crippen LogP contribution < -0.4 is 0 Å². The molecular weight excluding hydrogens is 156 g/mol. The van der Waals surface area contributed by atoms with Crippen molar-refractivity contribution in [3.8, 4) is 5.82 Å². The van der Waals surface area contributed by atoms with Gasteiger partial charge in [-0.2, -0.15) is 5.10 Å². The Labute approximate surface area is 68.8 Å². The van der Waals surface area contributed by atoms with Crippen LogP contribution in [0.3, 0.4) is 0 Å². The van der Waals surface area contributed by atoms with Gasteiger partial charge < -0.3 is 0 Å². The highest BCUT2D eigenvalue weighted by molar-refractivity contribution is 5.13. The maximum atomic E-state index is 3.97. The molecule has 0 unspecified atom stereocenters. The molecule has 6 heteroatoms. The molecule has 0 saturated carbocycles. The summed E-state index contributed by atoms with van der Waals surface area (Å²) >= 11 is 0. The first-order valence-corrected chi connectivity index (χ1v) is 3.65. The average Bonchev–Trinajstić information content (AvgIpc) is 2.74. The zero-order valence-electron chi connectivity index (χ0n) is 6.62. The number of hydrogen-bond acceptors (Lipinski definition) is 4.